The molecular weight excluding hydrogens is 340 g/mol. The highest BCUT2D eigenvalue weighted by molar-refractivity contribution is 7.86. The Bertz CT molecular complexity index is 889. The van der Waals surface area contributed by atoms with E-state index >= 15 is 0 Å². The number of H-pyrrole nitrogens is 1. The second kappa shape index (κ2) is 6.21. The molecule has 0 radical (unpaired) electrons. The van der Waals surface area contributed by atoms with Crippen molar-refractivity contribution in [2.45, 2.75) is 6.54 Å². The number of fused-ring (bicyclic) bond motifs is 1. The van der Waals surface area contributed by atoms with Crippen molar-refractivity contribution < 1.29 is 8.42 Å². The summed E-state index contributed by atoms with van der Waals surface area (Å²) in [6.07, 6.45) is 0. The third-order valence-corrected chi connectivity index (χ3v) is 5.35. The molecule has 3 rings (SSSR count). The fourth-order valence-corrected chi connectivity index (χ4v) is 3.65. The van der Waals surface area contributed by atoms with E-state index in [1.807, 2.05) is 0 Å². The van der Waals surface area contributed by atoms with E-state index in [0.29, 0.717) is 48.6 Å². The van der Waals surface area contributed by atoms with Crippen LogP contribution >= 0.6 is 11.6 Å². The molecule has 0 saturated carbocycles. The molecule has 2 aromatic rings. The number of nitrogens with two attached hydrogens (primary N) is 1. The maximum Gasteiger partial charge on any atom is 0.276 e. The summed E-state index contributed by atoms with van der Waals surface area (Å²) in [5.41, 5.74) is 1.29. The summed E-state index contributed by atoms with van der Waals surface area (Å²) < 4.78 is 23.9. The van der Waals surface area contributed by atoms with Gasteiger partial charge >= 0.3 is 0 Å². The molecule has 124 valence electrons. The molecule has 1 aromatic carbocycles. The number of halogens is 1. The molecule has 0 amide bonds. The van der Waals surface area contributed by atoms with Crippen molar-refractivity contribution >= 4 is 32.7 Å². The maximum atomic E-state index is 12.2. The van der Waals surface area contributed by atoms with Crippen molar-refractivity contribution in [2.24, 2.45) is 5.14 Å². The fourth-order valence-electron chi connectivity index (χ4n) is 2.76. The van der Waals surface area contributed by atoms with Crippen molar-refractivity contribution in [2.75, 3.05) is 26.2 Å². The summed E-state index contributed by atoms with van der Waals surface area (Å²) in [6, 6.07) is 6.76. The first kappa shape index (κ1) is 16.4. The van der Waals surface area contributed by atoms with Crippen LogP contribution < -0.4 is 10.6 Å². The fraction of sp³-hybridized carbons (Fsp3) is 0.357. The van der Waals surface area contributed by atoms with Crippen molar-refractivity contribution in [3.05, 3.63) is 45.2 Å². The Morgan fingerprint density at radius 3 is 2.57 bits per heavy atom. The molecule has 1 aliphatic heterocycles. The van der Waals surface area contributed by atoms with Crippen molar-refractivity contribution in [3.63, 3.8) is 0 Å². The highest BCUT2D eigenvalue weighted by atomic mass is 35.5. The summed E-state index contributed by atoms with van der Waals surface area (Å²) in [7, 11) is -3.63. The Kier molecular flexibility index (Phi) is 4.43. The molecule has 2 heterocycles. The van der Waals surface area contributed by atoms with E-state index in [-0.39, 0.29) is 5.43 Å². The number of para-hydroxylation sites is 1. The van der Waals surface area contributed by atoms with Gasteiger partial charge in [0.15, 0.2) is 5.43 Å². The van der Waals surface area contributed by atoms with Gasteiger partial charge < -0.3 is 4.98 Å². The van der Waals surface area contributed by atoms with Gasteiger partial charge in [-0.2, -0.15) is 12.7 Å². The van der Waals surface area contributed by atoms with Gasteiger partial charge in [-0.3, -0.25) is 9.69 Å². The SMILES string of the molecule is NS(=O)(=O)N1CCN(Cc2cc(=O)c3cccc(Cl)c3[nH]2)CC1. The van der Waals surface area contributed by atoms with Crippen LogP contribution in [0.5, 0.6) is 0 Å². The topological polar surface area (TPSA) is 99.5 Å². The summed E-state index contributed by atoms with van der Waals surface area (Å²) in [4.78, 5) is 17.4. The minimum atomic E-state index is -3.63. The largest absolute Gasteiger partial charge is 0.356 e. The monoisotopic (exact) mass is 356 g/mol. The number of nitrogens with zero attached hydrogens (tertiary/aromatic N) is 2. The van der Waals surface area contributed by atoms with E-state index in [1.54, 1.807) is 24.3 Å². The summed E-state index contributed by atoms with van der Waals surface area (Å²) in [5, 5.41) is 6.18. The highest BCUT2D eigenvalue weighted by Crippen LogP contribution is 2.19. The third-order valence-electron chi connectivity index (χ3n) is 3.96. The zero-order valence-electron chi connectivity index (χ0n) is 12.3. The number of rotatable bonds is 3. The van der Waals surface area contributed by atoms with Crippen LogP contribution in [0.2, 0.25) is 5.02 Å². The molecule has 1 aliphatic rings. The van der Waals surface area contributed by atoms with E-state index < -0.39 is 10.2 Å². The minimum Gasteiger partial charge on any atom is -0.356 e. The first-order chi connectivity index (χ1) is 10.8. The molecule has 3 N–H and O–H groups in total. The van der Waals surface area contributed by atoms with Gasteiger partial charge in [0.25, 0.3) is 10.2 Å². The first-order valence-electron chi connectivity index (χ1n) is 7.15. The van der Waals surface area contributed by atoms with E-state index in [4.69, 9.17) is 16.7 Å². The van der Waals surface area contributed by atoms with Gasteiger partial charge in [0.2, 0.25) is 0 Å². The standard InChI is InChI=1S/C14H17ClN4O3S/c15-12-3-1-2-11-13(20)8-10(17-14(11)12)9-18-4-6-19(7-5-18)23(16,21)22/h1-3,8H,4-7,9H2,(H,17,20)(H2,16,21,22). The average molecular weight is 357 g/mol. The molecule has 0 spiro atoms. The van der Waals surface area contributed by atoms with E-state index in [9.17, 15) is 13.2 Å². The van der Waals surface area contributed by atoms with Crippen molar-refractivity contribution in [1.82, 2.24) is 14.2 Å². The summed E-state index contributed by atoms with van der Waals surface area (Å²) in [5.74, 6) is 0. The Morgan fingerprint density at radius 2 is 1.91 bits per heavy atom. The maximum absolute atomic E-state index is 12.2. The van der Waals surface area contributed by atoms with E-state index in [1.165, 1.54) is 4.31 Å². The van der Waals surface area contributed by atoms with Crippen LogP contribution in [-0.2, 0) is 16.8 Å². The van der Waals surface area contributed by atoms with Crippen LogP contribution in [0.4, 0.5) is 0 Å². The lowest BCUT2D eigenvalue weighted by atomic mass is 10.2. The number of hydrogen-bond donors (Lipinski definition) is 2. The molecule has 1 saturated heterocycles. The second-order valence-electron chi connectivity index (χ2n) is 5.54. The molecule has 23 heavy (non-hydrogen) atoms. The van der Waals surface area contributed by atoms with Gasteiger partial charge in [0.05, 0.1) is 10.5 Å². The molecule has 0 unspecified atom stereocenters. The average Bonchev–Trinajstić information content (AvgIpc) is 2.48. The molecule has 7 nitrogen and oxygen atoms in total. The van der Waals surface area contributed by atoms with Gasteiger partial charge in [-0.1, -0.05) is 17.7 Å². The molecule has 0 aliphatic carbocycles. The Morgan fingerprint density at radius 1 is 1.22 bits per heavy atom. The predicted molar refractivity (Wildman–Crippen MR) is 89.5 cm³/mol. The summed E-state index contributed by atoms with van der Waals surface area (Å²) >= 11 is 6.14. The van der Waals surface area contributed by atoms with Crippen LogP contribution in [0.15, 0.2) is 29.1 Å². The molecule has 9 heteroatoms. The second-order valence-corrected chi connectivity index (χ2v) is 7.49. The normalized spacial score (nSPS) is 17.7. The molecule has 0 atom stereocenters. The van der Waals surface area contributed by atoms with E-state index in [0.717, 1.165) is 5.69 Å². The number of aromatic nitrogens is 1. The predicted octanol–water partition coefficient (Wildman–Crippen LogP) is 0.503. The van der Waals surface area contributed by atoms with Crippen LogP contribution in [-0.4, -0.2) is 48.8 Å². The number of aromatic amines is 1. The van der Waals surface area contributed by atoms with Gasteiger partial charge in [0, 0.05) is 49.9 Å². The Hall–Kier alpha value is -1.45. The lowest BCUT2D eigenvalue weighted by Gasteiger charge is -2.32. The van der Waals surface area contributed by atoms with Gasteiger partial charge in [-0.05, 0) is 12.1 Å². The van der Waals surface area contributed by atoms with Crippen LogP contribution in [0.25, 0.3) is 10.9 Å². The number of nitrogens with one attached hydrogen (secondary N) is 1. The van der Waals surface area contributed by atoms with Gasteiger partial charge in [-0.25, -0.2) is 5.14 Å². The van der Waals surface area contributed by atoms with Crippen LogP contribution in [0.1, 0.15) is 5.69 Å². The Balaban J connectivity index is 1.78. The minimum absolute atomic E-state index is 0.0839. The number of hydrogen-bond acceptors (Lipinski definition) is 4. The lowest BCUT2D eigenvalue weighted by Crippen LogP contribution is -2.50. The van der Waals surface area contributed by atoms with Crippen molar-refractivity contribution in [1.29, 1.82) is 0 Å². The smallest absolute Gasteiger partial charge is 0.276 e. The van der Waals surface area contributed by atoms with Gasteiger partial charge in [0.1, 0.15) is 0 Å². The number of pyridine rings is 1. The molecular formula is C14H17ClN4O3S. The summed E-state index contributed by atoms with van der Waals surface area (Å²) in [6.45, 7) is 2.32. The van der Waals surface area contributed by atoms with Crippen LogP contribution in [0, 0.1) is 0 Å². The molecule has 1 aromatic heterocycles. The lowest BCUT2D eigenvalue weighted by molar-refractivity contribution is 0.180. The van der Waals surface area contributed by atoms with E-state index in [2.05, 4.69) is 9.88 Å². The molecule has 1 fully saturated rings. The van der Waals surface area contributed by atoms with Gasteiger partial charge in [-0.15, -0.1) is 0 Å². The Labute approximate surface area is 138 Å². The first-order valence-corrected chi connectivity index (χ1v) is 9.03. The zero-order valence-corrected chi connectivity index (χ0v) is 13.9. The van der Waals surface area contributed by atoms with Crippen molar-refractivity contribution in [3.8, 4) is 0 Å². The highest BCUT2D eigenvalue weighted by Gasteiger charge is 2.24. The molecule has 0 bridgehead atoms. The number of piperazine rings is 1. The number of benzene rings is 1. The third kappa shape index (κ3) is 3.56. The van der Waals surface area contributed by atoms with Crippen LogP contribution in [0.3, 0.4) is 0 Å². The quantitative estimate of drug-likeness (QED) is 0.836. The zero-order chi connectivity index (χ0) is 16.6.